The summed E-state index contributed by atoms with van der Waals surface area (Å²) in [5.41, 5.74) is 6.61. The first-order chi connectivity index (χ1) is 20.4. The molecule has 0 saturated heterocycles. The summed E-state index contributed by atoms with van der Waals surface area (Å²) in [5, 5.41) is 23.7. The van der Waals surface area contributed by atoms with E-state index in [0.717, 1.165) is 56.6 Å². The number of hydrogen-bond acceptors (Lipinski definition) is 7. The van der Waals surface area contributed by atoms with Crippen LogP contribution in [-0.2, 0) is 33.6 Å². The second-order valence-electron chi connectivity index (χ2n) is 12.4. The lowest BCUT2D eigenvalue weighted by Gasteiger charge is -2.34. The molecule has 0 fully saturated rings. The second kappa shape index (κ2) is 10.1. The van der Waals surface area contributed by atoms with Gasteiger partial charge >= 0.3 is 5.97 Å². The number of hydrogen-bond donors (Lipinski definition) is 4. The van der Waals surface area contributed by atoms with Gasteiger partial charge in [0.2, 0.25) is 0 Å². The summed E-state index contributed by atoms with van der Waals surface area (Å²) >= 11 is 0. The zero-order valence-corrected chi connectivity index (χ0v) is 25.9. The number of Topliss-reactive ketones (excluding diaryl/α,β-unsaturated/α-hetero) is 1. The first-order valence-electron chi connectivity index (χ1n) is 15.2. The van der Waals surface area contributed by atoms with Crippen LogP contribution in [0.1, 0.15) is 114 Å². The highest BCUT2D eigenvalue weighted by Gasteiger charge is 2.53. The second-order valence-corrected chi connectivity index (χ2v) is 12.4. The van der Waals surface area contributed by atoms with Gasteiger partial charge in [-0.25, -0.2) is 0 Å². The number of methoxy groups -OCH3 is 1. The maximum absolute atomic E-state index is 13.5. The zero-order chi connectivity index (χ0) is 31.0. The molecule has 0 radical (unpaired) electrons. The predicted octanol–water partition coefficient (Wildman–Crippen LogP) is 5.58. The van der Waals surface area contributed by atoms with Crippen LogP contribution in [0, 0.1) is 13.8 Å². The van der Waals surface area contributed by atoms with E-state index in [1.54, 1.807) is 13.0 Å². The fourth-order valence-electron chi connectivity index (χ4n) is 7.34. The van der Waals surface area contributed by atoms with Gasteiger partial charge in [0.1, 0.15) is 11.2 Å². The van der Waals surface area contributed by atoms with Crippen molar-refractivity contribution in [2.75, 3.05) is 7.11 Å². The number of carbonyl (C=O) groups is 2. The van der Waals surface area contributed by atoms with Crippen LogP contribution in [0.4, 0.5) is 0 Å². The normalized spacial score (nSPS) is 24.5. The Morgan fingerprint density at radius 1 is 1.05 bits per heavy atom. The molecular formula is C34H40N4O5. The van der Waals surface area contributed by atoms with Crippen LogP contribution in [-0.4, -0.2) is 49.0 Å². The quantitative estimate of drug-likeness (QED) is 0.287. The average molecular weight is 585 g/mol. The van der Waals surface area contributed by atoms with Crippen molar-refractivity contribution in [3.05, 3.63) is 68.8 Å². The number of aromatic amines is 2. The number of esters is 1. The van der Waals surface area contributed by atoms with Gasteiger partial charge in [-0.05, 0) is 74.9 Å². The van der Waals surface area contributed by atoms with E-state index in [-0.39, 0.29) is 42.9 Å². The Morgan fingerprint density at radius 2 is 1.74 bits per heavy atom. The molecule has 9 heteroatoms. The molecule has 6 rings (SSSR count). The first kappa shape index (κ1) is 29.3. The van der Waals surface area contributed by atoms with E-state index < -0.39 is 11.2 Å². The highest BCUT2D eigenvalue weighted by atomic mass is 16.5. The molecule has 8 bridgehead atoms. The van der Waals surface area contributed by atoms with E-state index >= 15 is 0 Å². The SMILES string of the molecule is CCc1c(C)c2cc3nc(c4c5[nH]c(cc6nc(cc1[nH]2)C(C)(O)C6(O)CC)c(C)c5C(=O)C4)[C@@H](CCC(=O)OC)[C@@H]3C. The standard InChI is InChI=1S/C34H40N4O5/c1-8-19-16(3)22-13-23-17(4)20(10-11-29(40)43-7)31(36-23)21-12-26(39)30-18(5)24(37-32(21)30)14-28-34(42,9-2)33(6,41)27(38-28)15-25(19)35-22/h13-15,17,20,35,37,41-42H,8-12H2,1-7H3/t17-,20-,33?,34?/m0/s1. The Balaban J connectivity index is 1.76. The summed E-state index contributed by atoms with van der Waals surface area (Å²) in [6, 6.07) is 5.66. The number of aromatic nitrogens is 4. The molecule has 3 aliphatic rings. The van der Waals surface area contributed by atoms with Crippen molar-refractivity contribution in [2.24, 2.45) is 0 Å². The number of H-pyrrole nitrogens is 2. The molecule has 2 unspecified atom stereocenters. The predicted molar refractivity (Wildman–Crippen MR) is 164 cm³/mol. The monoisotopic (exact) mass is 584 g/mol. The molecule has 5 heterocycles. The third-order valence-corrected chi connectivity index (χ3v) is 10.2. The fourth-order valence-corrected chi connectivity index (χ4v) is 7.34. The van der Waals surface area contributed by atoms with Crippen LogP contribution in [0.2, 0.25) is 0 Å². The van der Waals surface area contributed by atoms with E-state index in [4.69, 9.17) is 14.7 Å². The summed E-state index contributed by atoms with van der Waals surface area (Å²) < 4.78 is 4.95. The Morgan fingerprint density at radius 3 is 2.42 bits per heavy atom. The van der Waals surface area contributed by atoms with Gasteiger partial charge in [-0.1, -0.05) is 20.8 Å². The van der Waals surface area contributed by atoms with E-state index in [1.165, 1.54) is 7.11 Å². The third-order valence-electron chi connectivity index (χ3n) is 10.2. The average Bonchev–Trinajstić information content (AvgIpc) is 3.70. The van der Waals surface area contributed by atoms with E-state index in [1.807, 2.05) is 19.9 Å². The van der Waals surface area contributed by atoms with Gasteiger partial charge < -0.3 is 24.9 Å². The van der Waals surface area contributed by atoms with Gasteiger partial charge in [0.15, 0.2) is 5.78 Å². The molecule has 3 aromatic rings. The molecule has 9 nitrogen and oxygen atoms in total. The van der Waals surface area contributed by atoms with Crippen LogP contribution in [0.25, 0.3) is 22.1 Å². The molecule has 43 heavy (non-hydrogen) atoms. The molecule has 0 spiro atoms. The van der Waals surface area contributed by atoms with Crippen molar-refractivity contribution in [3.63, 3.8) is 0 Å². The van der Waals surface area contributed by atoms with E-state index in [9.17, 15) is 19.8 Å². The summed E-state index contributed by atoms with van der Waals surface area (Å²) in [6.07, 6.45) is 2.02. The van der Waals surface area contributed by atoms with Crippen molar-refractivity contribution >= 4 is 33.8 Å². The maximum Gasteiger partial charge on any atom is 0.305 e. The number of ether oxygens (including phenoxy) is 1. The summed E-state index contributed by atoms with van der Waals surface area (Å²) in [7, 11) is 1.39. The van der Waals surface area contributed by atoms with Gasteiger partial charge in [0.25, 0.3) is 0 Å². The van der Waals surface area contributed by atoms with Crippen molar-refractivity contribution in [1.29, 1.82) is 0 Å². The van der Waals surface area contributed by atoms with Crippen LogP contribution < -0.4 is 0 Å². The largest absolute Gasteiger partial charge is 0.469 e. The van der Waals surface area contributed by atoms with Crippen molar-refractivity contribution in [3.8, 4) is 0 Å². The molecule has 0 saturated carbocycles. The third kappa shape index (κ3) is 4.19. The number of fused-ring (bicyclic) bond motifs is 8. The van der Waals surface area contributed by atoms with Crippen molar-refractivity contribution < 1.29 is 24.5 Å². The lowest BCUT2D eigenvalue weighted by molar-refractivity contribution is -0.148. The number of aliphatic hydroxyl groups is 2. The smallest absolute Gasteiger partial charge is 0.305 e. The topological polar surface area (TPSA) is 141 Å². The van der Waals surface area contributed by atoms with Crippen LogP contribution >= 0.6 is 0 Å². The van der Waals surface area contributed by atoms with E-state index in [2.05, 4.69) is 36.8 Å². The van der Waals surface area contributed by atoms with Crippen LogP contribution in [0.5, 0.6) is 0 Å². The highest BCUT2D eigenvalue weighted by Crippen LogP contribution is 2.47. The van der Waals surface area contributed by atoms with Gasteiger partial charge in [0, 0.05) is 58.0 Å². The van der Waals surface area contributed by atoms with Crippen LogP contribution in [0.15, 0.2) is 18.2 Å². The van der Waals surface area contributed by atoms with E-state index in [0.29, 0.717) is 28.9 Å². The Labute approximate surface area is 250 Å². The lowest BCUT2D eigenvalue weighted by Crippen LogP contribution is -2.43. The summed E-state index contributed by atoms with van der Waals surface area (Å²) in [5.74, 6) is -0.346. The molecule has 0 aromatic carbocycles. The minimum atomic E-state index is -1.65. The number of carbonyl (C=O) groups excluding carboxylic acids is 2. The number of aryl methyl sites for hydroxylation is 3. The Kier molecular flexibility index (Phi) is 6.89. The molecule has 0 amide bonds. The lowest BCUT2D eigenvalue weighted by atomic mass is 9.80. The Bertz CT molecular complexity index is 1850. The first-order valence-corrected chi connectivity index (χ1v) is 15.2. The minimum Gasteiger partial charge on any atom is -0.469 e. The number of rotatable bonds is 5. The molecule has 1 aliphatic carbocycles. The fraction of sp³-hybridized carbons (Fsp3) is 0.471. The van der Waals surface area contributed by atoms with Gasteiger partial charge in [0.05, 0.1) is 29.7 Å². The molecule has 2 aliphatic heterocycles. The maximum atomic E-state index is 13.5. The molecule has 3 aromatic heterocycles. The number of nitrogens with one attached hydrogen (secondary N) is 2. The van der Waals surface area contributed by atoms with Gasteiger partial charge in [-0.2, -0.15) is 0 Å². The Hall–Kier alpha value is -3.82. The molecular weight excluding hydrogens is 544 g/mol. The minimum absolute atomic E-state index is 0.000487. The molecule has 4 N–H and O–H groups in total. The molecule has 4 atom stereocenters. The highest BCUT2D eigenvalue weighted by molar-refractivity contribution is 6.13. The zero-order valence-electron chi connectivity index (χ0n) is 25.9. The van der Waals surface area contributed by atoms with Crippen molar-refractivity contribution in [2.45, 2.75) is 96.7 Å². The van der Waals surface area contributed by atoms with Gasteiger partial charge in [-0.3, -0.25) is 19.6 Å². The molecule has 226 valence electrons. The number of ketones is 1. The van der Waals surface area contributed by atoms with Crippen molar-refractivity contribution in [1.82, 2.24) is 19.9 Å². The van der Waals surface area contributed by atoms with Crippen LogP contribution in [0.3, 0.4) is 0 Å². The summed E-state index contributed by atoms with van der Waals surface area (Å²) in [4.78, 5) is 42.6. The summed E-state index contributed by atoms with van der Waals surface area (Å²) in [6.45, 7) is 11.6. The van der Waals surface area contributed by atoms with Gasteiger partial charge in [-0.15, -0.1) is 0 Å². The number of nitrogens with zero attached hydrogens (tertiary/aromatic N) is 2.